The molecule has 2 unspecified atom stereocenters. The lowest BCUT2D eigenvalue weighted by atomic mass is 10.1. The van der Waals surface area contributed by atoms with E-state index in [1.807, 2.05) is 55.3 Å². The minimum absolute atomic E-state index is 0.0418. The summed E-state index contributed by atoms with van der Waals surface area (Å²) >= 11 is 1.66. The van der Waals surface area contributed by atoms with E-state index in [4.69, 9.17) is 9.72 Å². The van der Waals surface area contributed by atoms with Crippen LogP contribution in [0.4, 0.5) is 0 Å². The maximum Gasteiger partial charge on any atom is 0.256 e. The third-order valence-corrected chi connectivity index (χ3v) is 6.47. The Hall–Kier alpha value is -2.96. The van der Waals surface area contributed by atoms with Crippen molar-refractivity contribution in [2.45, 2.75) is 32.5 Å². The Morgan fingerprint density at radius 3 is 2.61 bits per heavy atom. The lowest BCUT2D eigenvalue weighted by Gasteiger charge is -2.35. The van der Waals surface area contributed by atoms with Crippen LogP contribution < -0.4 is 0 Å². The van der Waals surface area contributed by atoms with Crippen LogP contribution in [0, 0.1) is 0 Å². The fourth-order valence-corrected chi connectivity index (χ4v) is 5.14. The lowest BCUT2D eigenvalue weighted by Crippen LogP contribution is -2.48. The number of amides is 1. The Kier molecular flexibility index (Phi) is 5.34. The van der Waals surface area contributed by atoms with E-state index in [0.717, 1.165) is 33.9 Å². The number of thiazole rings is 1. The molecule has 1 aliphatic heterocycles. The Labute approximate surface area is 185 Å². The molecule has 0 bridgehead atoms. The number of ether oxygens (including phenoxy) is 1. The molecular formula is C25H25N3O2S. The minimum Gasteiger partial charge on any atom is -0.372 e. The monoisotopic (exact) mass is 431 g/mol. The summed E-state index contributed by atoms with van der Waals surface area (Å²) < 4.78 is 7.88. The van der Waals surface area contributed by atoms with E-state index in [1.54, 1.807) is 11.3 Å². The topological polar surface area (TPSA) is 46.8 Å². The molecule has 0 aliphatic carbocycles. The van der Waals surface area contributed by atoms with E-state index in [1.165, 1.54) is 5.56 Å². The van der Waals surface area contributed by atoms with Crippen LogP contribution in [0.25, 0.3) is 16.9 Å². The molecule has 1 fully saturated rings. The van der Waals surface area contributed by atoms with Gasteiger partial charge < -0.3 is 14.0 Å². The molecule has 0 radical (unpaired) electrons. The largest absolute Gasteiger partial charge is 0.372 e. The number of rotatable bonds is 4. The van der Waals surface area contributed by atoms with Gasteiger partial charge in [0.1, 0.15) is 0 Å². The van der Waals surface area contributed by atoms with Crippen molar-refractivity contribution in [3.8, 4) is 11.4 Å². The van der Waals surface area contributed by atoms with E-state index in [2.05, 4.69) is 34.0 Å². The van der Waals surface area contributed by atoms with Gasteiger partial charge >= 0.3 is 0 Å². The maximum absolute atomic E-state index is 13.4. The van der Waals surface area contributed by atoms with Gasteiger partial charge in [0, 0.05) is 31.1 Å². The van der Waals surface area contributed by atoms with Crippen LogP contribution in [0.5, 0.6) is 0 Å². The van der Waals surface area contributed by atoms with E-state index >= 15 is 0 Å². The summed E-state index contributed by atoms with van der Waals surface area (Å²) in [6, 6.07) is 18.3. The van der Waals surface area contributed by atoms with Crippen LogP contribution >= 0.6 is 11.3 Å². The van der Waals surface area contributed by atoms with Gasteiger partial charge in [-0.2, -0.15) is 0 Å². The molecule has 31 heavy (non-hydrogen) atoms. The Balaban J connectivity index is 1.49. The first kappa shape index (κ1) is 20.0. The highest BCUT2D eigenvalue weighted by molar-refractivity contribution is 7.10. The van der Waals surface area contributed by atoms with Crippen LogP contribution in [-0.2, 0) is 11.2 Å². The number of aromatic nitrogens is 2. The normalized spacial score (nSPS) is 19.1. The number of benzene rings is 1. The van der Waals surface area contributed by atoms with Crippen molar-refractivity contribution >= 4 is 22.8 Å². The van der Waals surface area contributed by atoms with Gasteiger partial charge in [0.2, 0.25) is 0 Å². The van der Waals surface area contributed by atoms with Gasteiger partial charge in [-0.15, -0.1) is 11.3 Å². The predicted molar refractivity (Wildman–Crippen MR) is 124 cm³/mol. The number of fused-ring (bicyclic) bond motifs is 1. The zero-order valence-electron chi connectivity index (χ0n) is 17.7. The molecule has 1 aromatic carbocycles. The maximum atomic E-state index is 13.4. The van der Waals surface area contributed by atoms with Crippen LogP contribution in [0.3, 0.4) is 0 Å². The molecule has 5 nitrogen and oxygen atoms in total. The summed E-state index contributed by atoms with van der Waals surface area (Å²) in [7, 11) is 0. The Bertz CT molecular complexity index is 1200. The average Bonchev–Trinajstić information content (AvgIpc) is 3.38. The third kappa shape index (κ3) is 4.01. The van der Waals surface area contributed by atoms with E-state index in [-0.39, 0.29) is 18.1 Å². The number of nitrogens with zero attached hydrogens (tertiary/aromatic N) is 3. The number of pyridine rings is 1. The number of carbonyl (C=O) groups is 1. The van der Waals surface area contributed by atoms with Gasteiger partial charge in [-0.1, -0.05) is 36.4 Å². The van der Waals surface area contributed by atoms with Gasteiger partial charge in [-0.05, 0) is 37.6 Å². The van der Waals surface area contributed by atoms with Crippen LogP contribution in [0.15, 0.2) is 66.2 Å². The highest BCUT2D eigenvalue weighted by Crippen LogP contribution is 2.29. The van der Waals surface area contributed by atoms with Crippen molar-refractivity contribution in [1.29, 1.82) is 0 Å². The summed E-state index contributed by atoms with van der Waals surface area (Å²) in [6.07, 6.45) is 2.90. The van der Waals surface area contributed by atoms with Gasteiger partial charge in [0.15, 0.2) is 0 Å². The molecule has 6 heteroatoms. The molecular weight excluding hydrogens is 406 g/mol. The van der Waals surface area contributed by atoms with Crippen molar-refractivity contribution in [2.75, 3.05) is 13.1 Å². The van der Waals surface area contributed by atoms with Gasteiger partial charge in [-0.25, -0.2) is 4.98 Å². The Morgan fingerprint density at radius 1 is 1.10 bits per heavy atom. The smallest absolute Gasteiger partial charge is 0.256 e. The van der Waals surface area contributed by atoms with Crippen LogP contribution in [0.2, 0.25) is 0 Å². The standard InChI is InChI=1S/C25H25N3O2S/c1-17-14-27(15-18(2)30-17)25(29)20-13-23(28-11-7-6-10-22(20)28)21-16-31-24(26-21)12-19-8-4-3-5-9-19/h3-11,13,16-18H,12,14-15H2,1-2H3. The summed E-state index contributed by atoms with van der Waals surface area (Å²) in [5.41, 5.74) is 4.72. The first-order valence-electron chi connectivity index (χ1n) is 10.6. The second-order valence-electron chi connectivity index (χ2n) is 8.16. The highest BCUT2D eigenvalue weighted by Gasteiger charge is 2.29. The molecule has 0 saturated carbocycles. The molecule has 1 amide bonds. The second kappa shape index (κ2) is 8.29. The predicted octanol–water partition coefficient (Wildman–Crippen LogP) is 4.90. The number of carbonyl (C=O) groups excluding carboxylic acids is 1. The van der Waals surface area contributed by atoms with Crippen molar-refractivity contribution in [1.82, 2.24) is 14.3 Å². The van der Waals surface area contributed by atoms with Gasteiger partial charge in [-0.3, -0.25) is 4.79 Å². The average molecular weight is 432 g/mol. The summed E-state index contributed by atoms with van der Waals surface area (Å²) in [5.74, 6) is 0.0525. The fraction of sp³-hybridized carbons (Fsp3) is 0.280. The second-order valence-corrected chi connectivity index (χ2v) is 9.10. The minimum atomic E-state index is 0.0418. The molecule has 1 aliphatic rings. The van der Waals surface area contributed by atoms with E-state index in [0.29, 0.717) is 13.1 Å². The first-order valence-corrected chi connectivity index (χ1v) is 11.5. The molecule has 2 atom stereocenters. The van der Waals surface area contributed by atoms with Gasteiger partial charge in [0.05, 0.1) is 39.7 Å². The first-order chi connectivity index (χ1) is 15.1. The zero-order valence-corrected chi connectivity index (χ0v) is 18.5. The van der Waals surface area contributed by atoms with E-state index < -0.39 is 0 Å². The fourth-order valence-electron chi connectivity index (χ4n) is 4.32. The molecule has 0 N–H and O–H groups in total. The van der Waals surface area contributed by atoms with Gasteiger partial charge in [0.25, 0.3) is 5.91 Å². The Morgan fingerprint density at radius 2 is 1.84 bits per heavy atom. The summed E-state index contributed by atoms with van der Waals surface area (Å²) in [5, 5.41) is 3.15. The van der Waals surface area contributed by atoms with Crippen LogP contribution in [0.1, 0.15) is 34.8 Å². The summed E-state index contributed by atoms with van der Waals surface area (Å²) in [6.45, 7) is 5.26. The number of hydrogen-bond donors (Lipinski definition) is 0. The number of hydrogen-bond acceptors (Lipinski definition) is 4. The van der Waals surface area contributed by atoms with E-state index in [9.17, 15) is 4.79 Å². The van der Waals surface area contributed by atoms with Crippen molar-refractivity contribution < 1.29 is 9.53 Å². The van der Waals surface area contributed by atoms with Crippen LogP contribution in [-0.4, -0.2) is 45.5 Å². The highest BCUT2D eigenvalue weighted by atomic mass is 32.1. The van der Waals surface area contributed by atoms with Crippen molar-refractivity contribution in [3.63, 3.8) is 0 Å². The lowest BCUT2D eigenvalue weighted by molar-refractivity contribution is -0.0585. The molecule has 1 saturated heterocycles. The molecule has 0 spiro atoms. The van der Waals surface area contributed by atoms with Crippen molar-refractivity contribution in [2.24, 2.45) is 0 Å². The molecule has 158 valence electrons. The SMILES string of the molecule is CC1CN(C(=O)c2cc(-c3csc(Cc4ccccc4)n3)n3ccccc23)CC(C)O1. The molecule has 3 aromatic heterocycles. The zero-order chi connectivity index (χ0) is 21.4. The molecule has 4 aromatic rings. The van der Waals surface area contributed by atoms with Crippen molar-refractivity contribution in [3.05, 3.63) is 82.3 Å². The molecule has 5 rings (SSSR count). The summed E-state index contributed by atoms with van der Waals surface area (Å²) in [4.78, 5) is 20.2. The third-order valence-electron chi connectivity index (χ3n) is 5.63. The number of morpholine rings is 1. The molecule has 4 heterocycles. The quantitative estimate of drug-likeness (QED) is 0.462.